The highest BCUT2D eigenvalue weighted by atomic mass is 16.5. The third kappa shape index (κ3) is 8.37. The van der Waals surface area contributed by atoms with E-state index in [1.807, 2.05) is 19.1 Å². The fourth-order valence-corrected chi connectivity index (χ4v) is 4.94. The summed E-state index contributed by atoms with van der Waals surface area (Å²) in [5.41, 5.74) is 7.60. The Morgan fingerprint density at radius 2 is 1.67 bits per heavy atom. The van der Waals surface area contributed by atoms with E-state index in [0.29, 0.717) is 19.1 Å². The lowest BCUT2D eigenvalue weighted by Gasteiger charge is -2.38. The van der Waals surface area contributed by atoms with Gasteiger partial charge in [0.15, 0.2) is 0 Å². The van der Waals surface area contributed by atoms with E-state index in [1.165, 1.54) is 17.5 Å². The van der Waals surface area contributed by atoms with Crippen LogP contribution in [0, 0.1) is 11.3 Å². The number of nitrogens with two attached hydrogens (primary N) is 1. The molecule has 2 aromatic rings. The van der Waals surface area contributed by atoms with E-state index in [4.69, 9.17) is 10.5 Å². The number of amides is 2. The minimum Gasteiger partial charge on any atom is -0.494 e. The van der Waals surface area contributed by atoms with Crippen molar-refractivity contribution in [2.45, 2.75) is 59.4 Å². The highest BCUT2D eigenvalue weighted by Crippen LogP contribution is 2.41. The van der Waals surface area contributed by atoms with E-state index in [2.05, 4.69) is 52.3 Å². The van der Waals surface area contributed by atoms with Gasteiger partial charge in [-0.2, -0.15) is 0 Å². The topological polar surface area (TPSA) is 75.9 Å². The van der Waals surface area contributed by atoms with Crippen molar-refractivity contribution in [1.82, 2.24) is 9.80 Å². The van der Waals surface area contributed by atoms with E-state index in [1.54, 1.807) is 13.8 Å². The molecule has 0 aliphatic carbocycles. The Labute approximate surface area is 216 Å². The van der Waals surface area contributed by atoms with Gasteiger partial charge < -0.3 is 20.3 Å². The van der Waals surface area contributed by atoms with E-state index in [9.17, 15) is 9.59 Å². The highest BCUT2D eigenvalue weighted by molar-refractivity contribution is 5.79. The van der Waals surface area contributed by atoms with E-state index in [0.717, 1.165) is 57.6 Å². The van der Waals surface area contributed by atoms with Crippen molar-refractivity contribution in [1.29, 1.82) is 0 Å². The second kappa shape index (κ2) is 13.4. The van der Waals surface area contributed by atoms with Gasteiger partial charge in [0, 0.05) is 25.4 Å². The van der Waals surface area contributed by atoms with Crippen LogP contribution in [-0.4, -0.2) is 54.4 Å². The summed E-state index contributed by atoms with van der Waals surface area (Å²) in [5.74, 6) is 0.964. The minimum atomic E-state index is -0.241. The zero-order valence-corrected chi connectivity index (χ0v) is 22.2. The summed E-state index contributed by atoms with van der Waals surface area (Å²) in [4.78, 5) is 27.3. The molecule has 0 unspecified atom stereocenters. The standard InChI is InChI=1S/C26H34N2O2.C4H9NO/c1-2-30-24-12-10-23(11-13-24)20-28-21-26(19-25(28)29)14-17-27(18-15-26)16-6-9-22-7-4-3-5-8-22;1-3(2)4(5)6/h3-5,7-8,10-13H,2,6,9,14-21H2,1H3;3H,1-2H3,(H2,5,6). The zero-order chi connectivity index (χ0) is 26.0. The first kappa shape index (κ1) is 27.7. The maximum absolute atomic E-state index is 12.7. The molecule has 0 bridgehead atoms. The van der Waals surface area contributed by atoms with Crippen LogP contribution in [-0.2, 0) is 22.6 Å². The number of hydrogen-bond donors (Lipinski definition) is 1. The van der Waals surface area contributed by atoms with Crippen molar-refractivity contribution >= 4 is 11.8 Å². The predicted molar refractivity (Wildman–Crippen MR) is 145 cm³/mol. The molecule has 6 nitrogen and oxygen atoms in total. The summed E-state index contributed by atoms with van der Waals surface area (Å²) in [6.07, 6.45) is 5.37. The van der Waals surface area contributed by atoms with E-state index in [-0.39, 0.29) is 17.2 Å². The monoisotopic (exact) mass is 493 g/mol. The smallest absolute Gasteiger partial charge is 0.223 e. The number of rotatable bonds is 9. The molecule has 2 N–H and O–H groups in total. The molecular formula is C30H43N3O3. The number of benzene rings is 2. The number of nitrogens with zero attached hydrogens (tertiary/aromatic N) is 2. The molecule has 2 heterocycles. The molecular weight excluding hydrogens is 450 g/mol. The summed E-state index contributed by atoms with van der Waals surface area (Å²) < 4.78 is 5.52. The number of carbonyl (C=O) groups is 2. The predicted octanol–water partition coefficient (Wildman–Crippen LogP) is 4.66. The number of piperidine rings is 1. The Bertz CT molecular complexity index is 951. The Kier molecular flexibility index (Phi) is 10.4. The molecule has 2 aliphatic heterocycles. The maximum atomic E-state index is 12.7. The second-order valence-electron chi connectivity index (χ2n) is 10.5. The molecule has 4 rings (SSSR count). The molecule has 0 atom stereocenters. The van der Waals surface area contributed by atoms with Crippen molar-refractivity contribution in [3.8, 4) is 5.75 Å². The fourth-order valence-electron chi connectivity index (χ4n) is 4.94. The Balaban J connectivity index is 0.000000538. The van der Waals surface area contributed by atoms with Gasteiger partial charge in [-0.05, 0) is 80.9 Å². The van der Waals surface area contributed by atoms with Gasteiger partial charge >= 0.3 is 0 Å². The maximum Gasteiger partial charge on any atom is 0.223 e. The lowest BCUT2D eigenvalue weighted by molar-refractivity contribution is -0.128. The summed E-state index contributed by atoms with van der Waals surface area (Å²) in [6, 6.07) is 18.9. The third-order valence-corrected chi connectivity index (χ3v) is 7.28. The molecule has 2 fully saturated rings. The number of ether oxygens (including phenoxy) is 1. The quantitative estimate of drug-likeness (QED) is 0.551. The van der Waals surface area contributed by atoms with Crippen LogP contribution in [0.4, 0.5) is 0 Å². The van der Waals surface area contributed by atoms with Gasteiger partial charge in [0.05, 0.1) is 6.61 Å². The normalized spacial score (nSPS) is 17.2. The molecule has 2 amide bonds. The minimum absolute atomic E-state index is 0.00926. The highest BCUT2D eigenvalue weighted by Gasteiger charge is 2.44. The van der Waals surface area contributed by atoms with Crippen LogP contribution in [0.2, 0.25) is 0 Å². The lowest BCUT2D eigenvalue weighted by atomic mass is 9.77. The molecule has 196 valence electrons. The summed E-state index contributed by atoms with van der Waals surface area (Å²) in [6.45, 7) is 11.2. The van der Waals surface area contributed by atoms with Gasteiger partial charge in [-0.25, -0.2) is 0 Å². The molecule has 2 aliphatic rings. The molecule has 36 heavy (non-hydrogen) atoms. The van der Waals surface area contributed by atoms with Crippen LogP contribution in [0.5, 0.6) is 5.75 Å². The summed E-state index contributed by atoms with van der Waals surface area (Å²) >= 11 is 0. The van der Waals surface area contributed by atoms with Gasteiger partial charge in [-0.3, -0.25) is 9.59 Å². The van der Waals surface area contributed by atoms with Gasteiger partial charge in [0.25, 0.3) is 0 Å². The first-order valence-corrected chi connectivity index (χ1v) is 13.4. The van der Waals surface area contributed by atoms with Crippen molar-refractivity contribution in [3.63, 3.8) is 0 Å². The summed E-state index contributed by atoms with van der Waals surface area (Å²) in [5, 5.41) is 0. The lowest BCUT2D eigenvalue weighted by Crippen LogP contribution is -2.41. The Morgan fingerprint density at radius 1 is 1.03 bits per heavy atom. The average Bonchev–Trinajstić information content (AvgIpc) is 3.17. The number of likely N-dealkylation sites (tertiary alicyclic amines) is 2. The molecule has 2 saturated heterocycles. The average molecular weight is 494 g/mol. The molecule has 0 saturated carbocycles. The first-order chi connectivity index (χ1) is 17.3. The molecule has 2 aromatic carbocycles. The van der Waals surface area contributed by atoms with E-state index < -0.39 is 0 Å². The van der Waals surface area contributed by atoms with Crippen molar-refractivity contribution in [3.05, 3.63) is 65.7 Å². The fraction of sp³-hybridized carbons (Fsp3) is 0.533. The molecule has 1 spiro atoms. The SMILES string of the molecule is CC(C)C(N)=O.CCOc1ccc(CN2CC3(CCN(CCCc4ccccc4)CC3)CC2=O)cc1. The van der Waals surface area contributed by atoms with E-state index >= 15 is 0 Å². The number of primary amides is 1. The van der Waals surface area contributed by atoms with Gasteiger partial charge in [0.2, 0.25) is 11.8 Å². The van der Waals surface area contributed by atoms with Crippen molar-refractivity contribution < 1.29 is 14.3 Å². The third-order valence-electron chi connectivity index (χ3n) is 7.28. The second-order valence-corrected chi connectivity index (χ2v) is 10.5. The van der Waals surface area contributed by atoms with Gasteiger partial charge in [0.1, 0.15) is 5.75 Å². The van der Waals surface area contributed by atoms with Crippen molar-refractivity contribution in [2.75, 3.05) is 32.8 Å². The van der Waals surface area contributed by atoms with Crippen LogP contribution < -0.4 is 10.5 Å². The van der Waals surface area contributed by atoms with Crippen LogP contribution in [0.25, 0.3) is 0 Å². The van der Waals surface area contributed by atoms with Crippen molar-refractivity contribution in [2.24, 2.45) is 17.1 Å². The Morgan fingerprint density at radius 3 is 2.25 bits per heavy atom. The largest absolute Gasteiger partial charge is 0.494 e. The first-order valence-electron chi connectivity index (χ1n) is 13.4. The molecule has 0 radical (unpaired) electrons. The van der Waals surface area contributed by atoms with Crippen LogP contribution in [0.1, 0.15) is 57.6 Å². The van der Waals surface area contributed by atoms with Crippen LogP contribution in [0.15, 0.2) is 54.6 Å². The molecule has 6 heteroatoms. The van der Waals surface area contributed by atoms with Gasteiger partial charge in [-0.1, -0.05) is 56.3 Å². The number of hydrogen-bond acceptors (Lipinski definition) is 4. The number of aryl methyl sites for hydroxylation is 1. The van der Waals surface area contributed by atoms with Crippen LogP contribution in [0.3, 0.4) is 0 Å². The zero-order valence-electron chi connectivity index (χ0n) is 22.2. The number of carbonyl (C=O) groups excluding carboxylic acids is 2. The summed E-state index contributed by atoms with van der Waals surface area (Å²) in [7, 11) is 0. The van der Waals surface area contributed by atoms with Crippen LogP contribution >= 0.6 is 0 Å². The van der Waals surface area contributed by atoms with Gasteiger partial charge in [-0.15, -0.1) is 0 Å². The molecule has 0 aromatic heterocycles. The Hall–Kier alpha value is -2.86.